The third kappa shape index (κ3) is 2.04. The van der Waals surface area contributed by atoms with Crippen LogP contribution in [0.2, 0.25) is 0 Å². The van der Waals surface area contributed by atoms with Gasteiger partial charge in [-0.3, -0.25) is 0 Å². The normalized spacial score (nSPS) is 20.2. The predicted octanol–water partition coefficient (Wildman–Crippen LogP) is 3.60. The molecule has 1 aliphatic heterocycles. The Kier molecular flexibility index (Phi) is 2.64. The highest BCUT2D eigenvalue weighted by Crippen LogP contribution is 2.35. The molecule has 0 saturated carbocycles. The van der Waals surface area contributed by atoms with E-state index in [1.165, 1.54) is 12.1 Å². The Balaban J connectivity index is 2.31. The summed E-state index contributed by atoms with van der Waals surface area (Å²) in [7, 11) is 0. The molecule has 0 saturated heterocycles. The molecule has 1 unspecified atom stereocenters. The quantitative estimate of drug-likeness (QED) is 0.711. The molecular formula is C13H17F2N. The lowest BCUT2D eigenvalue weighted by atomic mass is 9.75. The van der Waals surface area contributed by atoms with Gasteiger partial charge in [0.1, 0.15) is 0 Å². The monoisotopic (exact) mass is 225 g/mol. The predicted molar refractivity (Wildman–Crippen MR) is 61.5 cm³/mol. The molecule has 16 heavy (non-hydrogen) atoms. The van der Waals surface area contributed by atoms with E-state index in [-0.39, 0.29) is 5.41 Å². The average Bonchev–Trinajstić information content (AvgIpc) is 2.17. The lowest BCUT2D eigenvalue weighted by Crippen LogP contribution is -2.33. The number of anilines is 1. The fourth-order valence-corrected chi connectivity index (χ4v) is 2.10. The summed E-state index contributed by atoms with van der Waals surface area (Å²) < 4.78 is 26.2. The summed E-state index contributed by atoms with van der Waals surface area (Å²) in [5.74, 6) is -1.08. The largest absolute Gasteiger partial charge is 0.384 e. The van der Waals surface area contributed by atoms with Gasteiger partial charge in [-0.2, -0.15) is 0 Å². The number of hydrogen-bond acceptors (Lipinski definition) is 1. The third-order valence-electron chi connectivity index (χ3n) is 3.38. The van der Waals surface area contributed by atoms with Crippen LogP contribution in [0.3, 0.4) is 0 Å². The minimum absolute atomic E-state index is 0.176. The summed E-state index contributed by atoms with van der Waals surface area (Å²) in [5, 5.41) is 3.18. The topological polar surface area (TPSA) is 12.0 Å². The van der Waals surface area contributed by atoms with E-state index in [1.54, 1.807) is 0 Å². The van der Waals surface area contributed by atoms with Crippen LogP contribution in [0.4, 0.5) is 14.5 Å². The molecule has 0 aliphatic carbocycles. The van der Waals surface area contributed by atoms with Crippen LogP contribution in [0, 0.1) is 23.0 Å². The Morgan fingerprint density at radius 3 is 2.44 bits per heavy atom. The minimum atomic E-state index is -0.777. The molecule has 88 valence electrons. The Bertz CT molecular complexity index is 407. The van der Waals surface area contributed by atoms with Gasteiger partial charge in [-0.05, 0) is 29.4 Å². The summed E-state index contributed by atoms with van der Waals surface area (Å²) in [4.78, 5) is 0. The second-order valence-corrected chi connectivity index (χ2v) is 5.57. The Morgan fingerprint density at radius 2 is 1.81 bits per heavy atom. The standard InChI is InChI=1S/C13H17F2N/c1-13(2,3)9-4-8-5-10(14)11(15)6-12(8)16-7-9/h5-6,9,16H,4,7H2,1-3H3. The maximum absolute atomic E-state index is 13.1. The Hall–Kier alpha value is -1.12. The maximum atomic E-state index is 13.1. The second-order valence-electron chi connectivity index (χ2n) is 5.57. The fourth-order valence-electron chi connectivity index (χ4n) is 2.10. The van der Waals surface area contributed by atoms with Crippen LogP contribution in [0.1, 0.15) is 26.3 Å². The van der Waals surface area contributed by atoms with Crippen molar-refractivity contribution in [2.75, 3.05) is 11.9 Å². The summed E-state index contributed by atoms with van der Waals surface area (Å²) in [6, 6.07) is 2.57. The van der Waals surface area contributed by atoms with Gasteiger partial charge in [0.2, 0.25) is 0 Å². The van der Waals surface area contributed by atoms with Crippen LogP contribution in [0.25, 0.3) is 0 Å². The summed E-state index contributed by atoms with van der Waals surface area (Å²) in [6.07, 6.45) is 0.809. The van der Waals surface area contributed by atoms with E-state index in [0.29, 0.717) is 5.92 Å². The van der Waals surface area contributed by atoms with Crippen molar-refractivity contribution in [3.05, 3.63) is 29.3 Å². The van der Waals surface area contributed by atoms with E-state index >= 15 is 0 Å². The molecule has 1 nitrogen and oxygen atoms in total. The molecule has 1 N–H and O–H groups in total. The molecule has 0 spiro atoms. The zero-order valence-electron chi connectivity index (χ0n) is 9.90. The molecule has 1 aromatic carbocycles. The summed E-state index contributed by atoms with van der Waals surface area (Å²) in [6.45, 7) is 7.33. The number of rotatable bonds is 0. The maximum Gasteiger partial charge on any atom is 0.160 e. The molecule has 1 aliphatic rings. The van der Waals surface area contributed by atoms with Crippen LogP contribution in [-0.4, -0.2) is 6.54 Å². The van der Waals surface area contributed by atoms with Crippen molar-refractivity contribution in [2.45, 2.75) is 27.2 Å². The molecule has 0 bridgehead atoms. The van der Waals surface area contributed by atoms with Crippen molar-refractivity contribution < 1.29 is 8.78 Å². The van der Waals surface area contributed by atoms with E-state index < -0.39 is 11.6 Å². The zero-order chi connectivity index (χ0) is 11.9. The lowest BCUT2D eigenvalue weighted by Gasteiger charge is -2.35. The second kappa shape index (κ2) is 3.72. The SMILES string of the molecule is CC(C)(C)C1CNc2cc(F)c(F)cc2C1. The van der Waals surface area contributed by atoms with E-state index in [4.69, 9.17) is 0 Å². The van der Waals surface area contributed by atoms with Crippen molar-refractivity contribution in [2.24, 2.45) is 11.3 Å². The third-order valence-corrected chi connectivity index (χ3v) is 3.38. The van der Waals surface area contributed by atoms with E-state index in [0.717, 1.165) is 24.2 Å². The van der Waals surface area contributed by atoms with E-state index in [9.17, 15) is 8.78 Å². The van der Waals surface area contributed by atoms with Crippen molar-refractivity contribution >= 4 is 5.69 Å². The van der Waals surface area contributed by atoms with Gasteiger partial charge in [0.05, 0.1) is 0 Å². The van der Waals surface area contributed by atoms with Crippen LogP contribution < -0.4 is 5.32 Å². The van der Waals surface area contributed by atoms with Crippen molar-refractivity contribution in [3.63, 3.8) is 0 Å². The number of hydrogen-bond donors (Lipinski definition) is 1. The highest BCUT2D eigenvalue weighted by molar-refractivity contribution is 5.54. The van der Waals surface area contributed by atoms with E-state index in [2.05, 4.69) is 26.1 Å². The smallest absolute Gasteiger partial charge is 0.160 e. The van der Waals surface area contributed by atoms with Gasteiger partial charge in [-0.25, -0.2) is 8.78 Å². The first kappa shape index (κ1) is 11.4. The number of benzene rings is 1. The van der Waals surface area contributed by atoms with Crippen molar-refractivity contribution in [1.82, 2.24) is 0 Å². The Labute approximate surface area is 94.9 Å². The van der Waals surface area contributed by atoms with Gasteiger partial charge in [0.15, 0.2) is 11.6 Å². The van der Waals surface area contributed by atoms with Crippen molar-refractivity contribution in [3.8, 4) is 0 Å². The van der Waals surface area contributed by atoms with E-state index in [1.807, 2.05) is 0 Å². The first-order chi connectivity index (χ1) is 7.38. The molecule has 0 fully saturated rings. The summed E-state index contributed by atoms with van der Waals surface area (Å²) in [5.41, 5.74) is 1.79. The van der Waals surface area contributed by atoms with Crippen LogP contribution in [0.5, 0.6) is 0 Å². The molecule has 1 atom stereocenters. The zero-order valence-corrected chi connectivity index (χ0v) is 9.90. The fraction of sp³-hybridized carbons (Fsp3) is 0.538. The first-order valence-electron chi connectivity index (χ1n) is 5.59. The van der Waals surface area contributed by atoms with Gasteiger partial charge in [-0.15, -0.1) is 0 Å². The highest BCUT2D eigenvalue weighted by atomic mass is 19.2. The molecule has 2 rings (SSSR count). The minimum Gasteiger partial charge on any atom is -0.384 e. The van der Waals surface area contributed by atoms with Crippen LogP contribution in [-0.2, 0) is 6.42 Å². The number of fused-ring (bicyclic) bond motifs is 1. The lowest BCUT2D eigenvalue weighted by molar-refractivity contribution is 0.247. The van der Waals surface area contributed by atoms with Gasteiger partial charge < -0.3 is 5.32 Å². The van der Waals surface area contributed by atoms with Crippen LogP contribution in [0.15, 0.2) is 12.1 Å². The molecule has 1 aromatic rings. The van der Waals surface area contributed by atoms with Gasteiger partial charge in [0, 0.05) is 18.3 Å². The van der Waals surface area contributed by atoms with Gasteiger partial charge in [-0.1, -0.05) is 20.8 Å². The highest BCUT2D eigenvalue weighted by Gasteiger charge is 2.29. The number of halogens is 2. The molecule has 3 heteroatoms. The average molecular weight is 225 g/mol. The van der Waals surface area contributed by atoms with Crippen molar-refractivity contribution in [1.29, 1.82) is 0 Å². The van der Waals surface area contributed by atoms with Gasteiger partial charge >= 0.3 is 0 Å². The van der Waals surface area contributed by atoms with Gasteiger partial charge in [0.25, 0.3) is 0 Å². The number of nitrogens with one attached hydrogen (secondary N) is 1. The molecule has 0 amide bonds. The molecule has 0 radical (unpaired) electrons. The summed E-state index contributed by atoms with van der Waals surface area (Å²) >= 11 is 0. The van der Waals surface area contributed by atoms with Crippen LogP contribution >= 0.6 is 0 Å². The molecule has 0 aromatic heterocycles. The molecule has 1 heterocycles. The molecular weight excluding hydrogens is 208 g/mol. The Morgan fingerprint density at radius 1 is 1.19 bits per heavy atom. The first-order valence-corrected chi connectivity index (χ1v) is 5.59.